The van der Waals surface area contributed by atoms with E-state index in [9.17, 15) is 0 Å². The molecule has 0 amide bonds. The van der Waals surface area contributed by atoms with Crippen LogP contribution in [-0.4, -0.2) is 14.7 Å². The van der Waals surface area contributed by atoms with Crippen molar-refractivity contribution in [2.75, 3.05) is 6.61 Å². The Morgan fingerprint density at radius 2 is 2.00 bits per heavy atom. The van der Waals surface area contributed by atoms with E-state index < -0.39 is 0 Å². The maximum Gasteiger partial charge on any atom is 1.00 e. The molecule has 3 heteroatoms. The Morgan fingerprint density at radius 3 is 2.38 bits per heavy atom. The van der Waals surface area contributed by atoms with Crippen molar-refractivity contribution in [3.63, 3.8) is 0 Å². The molecule has 3 radical (unpaired) electrons. The van der Waals surface area contributed by atoms with E-state index in [1.807, 2.05) is 0 Å². The first-order chi connectivity index (χ1) is 3.41. The number of unbranched alkanes of at least 4 members (excludes halogenated alkanes) is 2. The zero-order chi connectivity index (χ0) is 5.54. The van der Waals surface area contributed by atoms with E-state index in [1.54, 1.807) is 0 Å². The summed E-state index contributed by atoms with van der Waals surface area (Å²) in [5.74, 6) is 0. The predicted octanol–water partition coefficient (Wildman–Crippen LogP) is -1.72. The van der Waals surface area contributed by atoms with Gasteiger partial charge in [0.25, 0.3) is 0 Å². The van der Waals surface area contributed by atoms with Crippen molar-refractivity contribution in [1.82, 2.24) is 0 Å². The third kappa shape index (κ3) is 10.1. The van der Waals surface area contributed by atoms with E-state index in [1.165, 1.54) is 12.8 Å². The van der Waals surface area contributed by atoms with E-state index in [-0.39, 0.29) is 29.6 Å². The molecule has 0 N–H and O–H groups in total. The molecule has 0 heterocycles. The summed E-state index contributed by atoms with van der Waals surface area (Å²) >= 11 is 0. The summed E-state index contributed by atoms with van der Waals surface area (Å²) in [6.45, 7) is 2.85. The molecule has 0 unspecified atom stereocenters. The average molecular weight is 121 g/mol. The Hall–Kier alpha value is 1.02. The van der Waals surface area contributed by atoms with Gasteiger partial charge in [-0.15, -0.1) is 0 Å². The van der Waals surface area contributed by atoms with Crippen LogP contribution in [0.1, 0.15) is 26.2 Å². The first kappa shape index (κ1) is 11.8. The van der Waals surface area contributed by atoms with Crippen molar-refractivity contribution >= 4 is 8.05 Å². The Bertz CT molecular complexity index is 31.6. The van der Waals surface area contributed by atoms with E-state index >= 15 is 0 Å². The molecule has 41 valence electrons. The second-order valence-corrected chi connectivity index (χ2v) is 1.58. The van der Waals surface area contributed by atoms with Gasteiger partial charge < -0.3 is 12.7 Å². The summed E-state index contributed by atoms with van der Waals surface area (Å²) in [6, 6.07) is 0. The summed E-state index contributed by atoms with van der Waals surface area (Å²) in [6.07, 6.45) is 3.54. The first-order valence-electron chi connectivity index (χ1n) is 2.73. The van der Waals surface area contributed by atoms with Crippen LogP contribution in [-0.2, 0) is 4.65 Å². The van der Waals surface area contributed by atoms with Crippen LogP contribution in [0.3, 0.4) is 0 Å². The molecule has 0 spiro atoms. The largest absolute Gasteiger partial charge is 1.00 e. The van der Waals surface area contributed by atoms with Crippen LogP contribution in [0.25, 0.3) is 0 Å². The van der Waals surface area contributed by atoms with E-state index in [2.05, 4.69) is 11.6 Å². The van der Waals surface area contributed by atoms with Crippen molar-refractivity contribution < 1.29 is 34.2 Å². The van der Waals surface area contributed by atoms with Gasteiger partial charge in [0.05, 0.1) is 0 Å². The molecule has 0 aromatic carbocycles. The van der Waals surface area contributed by atoms with Gasteiger partial charge in [-0.25, -0.2) is 0 Å². The van der Waals surface area contributed by atoms with Crippen LogP contribution in [0.4, 0.5) is 0 Å². The topological polar surface area (TPSA) is 9.23 Å². The van der Waals surface area contributed by atoms with Crippen LogP contribution in [0.15, 0.2) is 0 Å². The van der Waals surface area contributed by atoms with Gasteiger partial charge in [-0.3, -0.25) is 0 Å². The molecule has 8 heavy (non-hydrogen) atoms. The molecular formula is C5H11BNaO. The van der Waals surface area contributed by atoms with E-state index in [0.717, 1.165) is 6.42 Å². The minimum atomic E-state index is 0. The Balaban J connectivity index is 0. The van der Waals surface area contributed by atoms with Crippen LogP contribution in [0.5, 0.6) is 0 Å². The van der Waals surface area contributed by atoms with Crippen molar-refractivity contribution in [3.05, 3.63) is 0 Å². The standard InChI is InChI=1S/C5H11BO.Na/c1-2-3-4-5-7-6;/h2-5H2,1H3;/q-1;+1. The molecule has 0 rings (SSSR count). The number of hydrogen-bond donors (Lipinski definition) is 0. The molecule has 0 aliphatic carbocycles. The molecule has 0 fully saturated rings. The summed E-state index contributed by atoms with van der Waals surface area (Å²) in [7, 11) is 4.77. The molecule has 0 aromatic rings. The van der Waals surface area contributed by atoms with Gasteiger partial charge in [0.1, 0.15) is 0 Å². The summed E-state index contributed by atoms with van der Waals surface area (Å²) in [4.78, 5) is 0. The SMILES string of the molecule is [B-]OCCCCC.[Na+]. The normalized spacial score (nSPS) is 8.25. The van der Waals surface area contributed by atoms with Crippen molar-refractivity contribution in [1.29, 1.82) is 0 Å². The Morgan fingerprint density at radius 1 is 1.38 bits per heavy atom. The molecule has 1 nitrogen and oxygen atoms in total. The molecule has 0 aromatic heterocycles. The third-order valence-electron chi connectivity index (χ3n) is 0.866. The summed E-state index contributed by atoms with van der Waals surface area (Å²) in [5, 5.41) is 0. The fourth-order valence-electron chi connectivity index (χ4n) is 0.435. The van der Waals surface area contributed by atoms with Gasteiger partial charge in [-0.1, -0.05) is 19.8 Å². The van der Waals surface area contributed by atoms with E-state index in [0.29, 0.717) is 6.61 Å². The van der Waals surface area contributed by atoms with Gasteiger partial charge in [-0.2, -0.15) is 0 Å². The summed E-state index contributed by atoms with van der Waals surface area (Å²) in [5.41, 5.74) is 0. The van der Waals surface area contributed by atoms with Gasteiger partial charge in [0, 0.05) is 0 Å². The molecule has 0 saturated heterocycles. The molecule has 0 saturated carbocycles. The summed E-state index contributed by atoms with van der Waals surface area (Å²) < 4.78 is 4.34. The average Bonchev–Trinajstić information content (AvgIpc) is 1.69. The molecule has 0 aliphatic heterocycles. The van der Waals surface area contributed by atoms with Crippen molar-refractivity contribution in [3.8, 4) is 0 Å². The van der Waals surface area contributed by atoms with Crippen LogP contribution >= 0.6 is 0 Å². The smallest absolute Gasteiger partial charge is 0.702 e. The van der Waals surface area contributed by atoms with Gasteiger partial charge >= 0.3 is 29.6 Å². The fourth-order valence-corrected chi connectivity index (χ4v) is 0.435. The van der Waals surface area contributed by atoms with Crippen LogP contribution < -0.4 is 29.6 Å². The Labute approximate surface area is 74.9 Å². The minimum Gasteiger partial charge on any atom is -0.702 e. The maximum atomic E-state index is 4.77. The predicted molar refractivity (Wildman–Crippen MR) is 31.2 cm³/mol. The van der Waals surface area contributed by atoms with E-state index in [4.69, 9.17) is 8.05 Å². The Kier molecular flexibility index (Phi) is 16.1. The number of hydrogen-bond acceptors (Lipinski definition) is 1. The second kappa shape index (κ2) is 10.9. The first-order valence-corrected chi connectivity index (χ1v) is 2.73. The molecule has 0 bridgehead atoms. The molecule has 0 atom stereocenters. The second-order valence-electron chi connectivity index (χ2n) is 1.58. The van der Waals surface area contributed by atoms with Crippen LogP contribution in [0.2, 0.25) is 0 Å². The fraction of sp³-hybridized carbons (Fsp3) is 1.00. The van der Waals surface area contributed by atoms with Gasteiger partial charge in [0.2, 0.25) is 0 Å². The third-order valence-corrected chi connectivity index (χ3v) is 0.866. The van der Waals surface area contributed by atoms with Gasteiger partial charge in [-0.05, 0) is 13.0 Å². The van der Waals surface area contributed by atoms with Crippen molar-refractivity contribution in [2.24, 2.45) is 0 Å². The zero-order valence-corrected chi connectivity index (χ0v) is 7.81. The zero-order valence-electron chi connectivity index (χ0n) is 5.81. The maximum absolute atomic E-state index is 4.77. The van der Waals surface area contributed by atoms with Gasteiger partial charge in [0.15, 0.2) is 0 Å². The monoisotopic (exact) mass is 121 g/mol. The molecular weight excluding hydrogens is 110 g/mol. The quantitative estimate of drug-likeness (QED) is 0.317. The molecule has 0 aliphatic rings. The minimum absolute atomic E-state index is 0. The van der Waals surface area contributed by atoms with Crippen LogP contribution in [0, 0.1) is 0 Å². The number of rotatable bonds is 4. The van der Waals surface area contributed by atoms with Crippen molar-refractivity contribution in [2.45, 2.75) is 26.2 Å².